The lowest BCUT2D eigenvalue weighted by Crippen LogP contribution is -2.24. The van der Waals surface area contributed by atoms with Crippen molar-refractivity contribution in [1.29, 1.82) is 0 Å². The predicted molar refractivity (Wildman–Crippen MR) is 71.6 cm³/mol. The molecule has 102 valence electrons. The van der Waals surface area contributed by atoms with Crippen molar-refractivity contribution in [2.24, 2.45) is 0 Å². The van der Waals surface area contributed by atoms with Crippen LogP contribution < -0.4 is 0 Å². The van der Waals surface area contributed by atoms with E-state index in [9.17, 15) is 9.90 Å². The normalized spacial score (nSPS) is 13.5. The zero-order valence-electron chi connectivity index (χ0n) is 11.3. The average molecular weight is 262 g/mol. The van der Waals surface area contributed by atoms with Crippen LogP contribution in [0.1, 0.15) is 39.1 Å². The number of benzene rings is 1. The summed E-state index contributed by atoms with van der Waals surface area (Å²) in [5.74, 6) is -0.0625. The number of hydrogen-bond acceptors (Lipinski definition) is 4. The molecule has 1 atom stereocenters. The van der Waals surface area contributed by atoms with Crippen molar-refractivity contribution in [3.05, 3.63) is 36.1 Å². The molecule has 1 aromatic heterocycles. The molecule has 0 spiro atoms. The summed E-state index contributed by atoms with van der Waals surface area (Å²) in [5.41, 5.74) is 0.144. The van der Waals surface area contributed by atoms with E-state index < -0.39 is 17.7 Å². The Morgan fingerprint density at radius 2 is 2.05 bits per heavy atom. The van der Waals surface area contributed by atoms with Crippen molar-refractivity contribution in [2.45, 2.75) is 38.9 Å². The van der Waals surface area contributed by atoms with Crippen LogP contribution in [0.2, 0.25) is 0 Å². The number of para-hydroxylation sites is 1. The second-order valence-corrected chi connectivity index (χ2v) is 5.49. The summed E-state index contributed by atoms with van der Waals surface area (Å²) in [7, 11) is 0. The maximum atomic E-state index is 11.6. The second-order valence-electron chi connectivity index (χ2n) is 5.49. The van der Waals surface area contributed by atoms with Crippen molar-refractivity contribution in [2.75, 3.05) is 0 Å². The van der Waals surface area contributed by atoms with Crippen molar-refractivity contribution in [3.63, 3.8) is 0 Å². The molecule has 1 heterocycles. The lowest BCUT2D eigenvalue weighted by atomic mass is 10.1. The Hall–Kier alpha value is -1.81. The number of hydrogen-bond donors (Lipinski definition) is 1. The molecule has 1 N–H and O–H groups in total. The Kier molecular flexibility index (Phi) is 3.62. The Labute approximate surface area is 112 Å². The molecule has 0 aliphatic rings. The number of aliphatic hydroxyl groups excluding tert-OH is 1. The molecule has 0 aliphatic carbocycles. The Balaban J connectivity index is 2.07. The molecule has 0 fully saturated rings. The van der Waals surface area contributed by atoms with E-state index in [4.69, 9.17) is 9.15 Å². The van der Waals surface area contributed by atoms with E-state index in [1.54, 1.807) is 26.8 Å². The van der Waals surface area contributed by atoms with Crippen LogP contribution in [-0.4, -0.2) is 16.7 Å². The van der Waals surface area contributed by atoms with Crippen molar-refractivity contribution in [3.8, 4) is 0 Å². The van der Waals surface area contributed by atoms with Gasteiger partial charge in [0.05, 0.1) is 6.42 Å². The predicted octanol–water partition coefficient (Wildman–Crippen LogP) is 3.20. The smallest absolute Gasteiger partial charge is 0.309 e. The van der Waals surface area contributed by atoms with Gasteiger partial charge < -0.3 is 14.3 Å². The quantitative estimate of drug-likeness (QED) is 0.863. The van der Waals surface area contributed by atoms with Gasteiger partial charge in [-0.2, -0.15) is 0 Å². The Morgan fingerprint density at radius 3 is 2.68 bits per heavy atom. The van der Waals surface area contributed by atoms with Gasteiger partial charge in [-0.15, -0.1) is 0 Å². The van der Waals surface area contributed by atoms with Gasteiger partial charge in [0.2, 0.25) is 0 Å². The van der Waals surface area contributed by atoms with Gasteiger partial charge >= 0.3 is 5.97 Å². The van der Waals surface area contributed by atoms with Gasteiger partial charge in [0, 0.05) is 5.39 Å². The van der Waals surface area contributed by atoms with E-state index in [0.29, 0.717) is 11.3 Å². The number of fused-ring (bicyclic) bond motifs is 1. The van der Waals surface area contributed by atoms with E-state index in [2.05, 4.69) is 0 Å². The molecule has 0 bridgehead atoms. The summed E-state index contributed by atoms with van der Waals surface area (Å²) in [6, 6.07) is 9.20. The van der Waals surface area contributed by atoms with Crippen LogP contribution >= 0.6 is 0 Å². The number of carbonyl (C=O) groups excluding carboxylic acids is 1. The Bertz CT molecular complexity index is 544. The number of furan rings is 1. The summed E-state index contributed by atoms with van der Waals surface area (Å²) in [4.78, 5) is 11.6. The maximum absolute atomic E-state index is 11.6. The topological polar surface area (TPSA) is 59.7 Å². The molecule has 19 heavy (non-hydrogen) atoms. The monoisotopic (exact) mass is 262 g/mol. The molecule has 0 amide bonds. The highest BCUT2D eigenvalue weighted by Crippen LogP contribution is 2.26. The molecule has 0 radical (unpaired) electrons. The highest BCUT2D eigenvalue weighted by molar-refractivity contribution is 5.78. The minimum Gasteiger partial charge on any atom is -0.460 e. The third-order valence-corrected chi connectivity index (χ3v) is 2.55. The minimum atomic E-state index is -0.984. The molecule has 0 saturated carbocycles. The van der Waals surface area contributed by atoms with Gasteiger partial charge in [-0.25, -0.2) is 0 Å². The third-order valence-electron chi connectivity index (χ3n) is 2.55. The average Bonchev–Trinajstić information content (AvgIpc) is 2.69. The van der Waals surface area contributed by atoms with Crippen LogP contribution in [0.25, 0.3) is 11.0 Å². The first-order chi connectivity index (χ1) is 8.85. The molecule has 0 aliphatic heterocycles. The van der Waals surface area contributed by atoms with Crippen LogP contribution in [0.3, 0.4) is 0 Å². The molecule has 4 heteroatoms. The first-order valence-corrected chi connectivity index (χ1v) is 6.23. The maximum Gasteiger partial charge on any atom is 0.309 e. The first-order valence-electron chi connectivity index (χ1n) is 6.23. The van der Waals surface area contributed by atoms with Crippen LogP contribution in [0.5, 0.6) is 0 Å². The largest absolute Gasteiger partial charge is 0.460 e. The summed E-state index contributed by atoms with van der Waals surface area (Å²) < 4.78 is 10.7. The molecule has 2 rings (SSSR count). The van der Waals surface area contributed by atoms with E-state index in [-0.39, 0.29) is 6.42 Å². The van der Waals surface area contributed by atoms with Crippen LogP contribution in [-0.2, 0) is 9.53 Å². The van der Waals surface area contributed by atoms with E-state index in [0.717, 1.165) is 5.39 Å². The molecule has 0 saturated heterocycles. The summed E-state index contributed by atoms with van der Waals surface area (Å²) in [5, 5.41) is 10.9. The molecule has 1 aromatic carbocycles. The van der Waals surface area contributed by atoms with Crippen molar-refractivity contribution >= 4 is 16.9 Å². The summed E-state index contributed by atoms with van der Waals surface area (Å²) in [6.07, 6.45) is -1.10. The standard InChI is InChI=1S/C15H18O4/c1-15(2,3)19-14(17)9-11(16)13-8-10-6-4-5-7-12(10)18-13/h4-8,11,16H,9H2,1-3H3/t11-/m1/s1. The summed E-state index contributed by atoms with van der Waals surface area (Å²) >= 11 is 0. The second kappa shape index (κ2) is 5.05. The highest BCUT2D eigenvalue weighted by atomic mass is 16.6. The lowest BCUT2D eigenvalue weighted by molar-refractivity contribution is -0.157. The van der Waals surface area contributed by atoms with Gasteiger partial charge in [-0.1, -0.05) is 18.2 Å². The minimum absolute atomic E-state index is 0.114. The third kappa shape index (κ3) is 3.58. The molecule has 4 nitrogen and oxygen atoms in total. The highest BCUT2D eigenvalue weighted by Gasteiger charge is 2.22. The zero-order valence-corrected chi connectivity index (χ0v) is 11.3. The SMILES string of the molecule is CC(C)(C)OC(=O)C[C@@H](O)c1cc2ccccc2o1. The zero-order chi connectivity index (χ0) is 14.0. The van der Waals surface area contributed by atoms with Crippen LogP contribution in [0, 0.1) is 0 Å². The number of esters is 1. The number of ether oxygens (including phenoxy) is 1. The van der Waals surface area contributed by atoms with E-state index in [1.165, 1.54) is 0 Å². The molecule has 0 unspecified atom stereocenters. The number of aliphatic hydroxyl groups is 1. The van der Waals surface area contributed by atoms with Gasteiger partial charge in [-0.05, 0) is 32.9 Å². The van der Waals surface area contributed by atoms with Gasteiger partial charge in [0.15, 0.2) is 0 Å². The van der Waals surface area contributed by atoms with Crippen LogP contribution in [0.15, 0.2) is 34.7 Å². The fourth-order valence-electron chi connectivity index (χ4n) is 1.81. The van der Waals surface area contributed by atoms with Gasteiger partial charge in [0.25, 0.3) is 0 Å². The Morgan fingerprint density at radius 1 is 1.37 bits per heavy atom. The molecule has 2 aromatic rings. The summed E-state index contributed by atoms with van der Waals surface area (Å²) in [6.45, 7) is 5.37. The fourth-order valence-corrected chi connectivity index (χ4v) is 1.81. The number of carbonyl (C=O) groups is 1. The van der Waals surface area contributed by atoms with E-state index >= 15 is 0 Å². The van der Waals surface area contributed by atoms with Crippen molar-refractivity contribution < 1.29 is 19.1 Å². The lowest BCUT2D eigenvalue weighted by Gasteiger charge is -2.20. The first kappa shape index (κ1) is 13.6. The van der Waals surface area contributed by atoms with Gasteiger partial charge in [-0.3, -0.25) is 4.79 Å². The molecular weight excluding hydrogens is 244 g/mol. The molecular formula is C15H18O4. The number of rotatable bonds is 3. The van der Waals surface area contributed by atoms with E-state index in [1.807, 2.05) is 24.3 Å². The van der Waals surface area contributed by atoms with Crippen LogP contribution in [0.4, 0.5) is 0 Å². The van der Waals surface area contributed by atoms with Crippen molar-refractivity contribution in [1.82, 2.24) is 0 Å². The fraction of sp³-hybridized carbons (Fsp3) is 0.400. The van der Waals surface area contributed by atoms with Gasteiger partial charge in [0.1, 0.15) is 23.0 Å².